The SMILES string of the molecule is CC/C=C\C/C=C\C/C=C\C/C=C\C/C=C\C/C=C\C/C=C\C/C=C\C/C=C\C/C=C\CCCCC(=O)OC(COC(=O)CCCCCCCCCCCCCCCCCCCCCCCCC)COC(OCC[N+](C)(C)C)C(=O)O. The van der Waals surface area contributed by atoms with Crippen LogP contribution in [-0.4, -0.2) is 87.4 Å². The normalized spacial score (nSPS) is 13.5. The van der Waals surface area contributed by atoms with Crippen LogP contribution in [0.3, 0.4) is 0 Å². The second kappa shape index (κ2) is 61.8. The van der Waals surface area contributed by atoms with Gasteiger partial charge in [-0.1, -0.05) is 277 Å². The number of nitrogens with zero attached hydrogens (tertiary/aromatic N) is 1. The lowest BCUT2D eigenvalue weighted by Crippen LogP contribution is -2.40. The van der Waals surface area contributed by atoms with Crippen molar-refractivity contribution in [3.05, 3.63) is 122 Å². The molecule has 0 amide bonds. The highest BCUT2D eigenvalue weighted by molar-refractivity contribution is 5.71. The number of unbranched alkanes of at least 4 members (excludes halogenated alkanes) is 24. The fraction of sp³-hybridized carbons (Fsp3) is 0.681. The van der Waals surface area contributed by atoms with Crippen molar-refractivity contribution in [1.82, 2.24) is 0 Å². The van der Waals surface area contributed by atoms with Crippen molar-refractivity contribution >= 4 is 17.9 Å². The van der Waals surface area contributed by atoms with E-state index in [1.54, 1.807) is 0 Å². The summed E-state index contributed by atoms with van der Waals surface area (Å²) >= 11 is 0. The summed E-state index contributed by atoms with van der Waals surface area (Å²) in [4.78, 5) is 37.5. The van der Waals surface area contributed by atoms with Crippen molar-refractivity contribution in [3.8, 4) is 0 Å². The lowest BCUT2D eigenvalue weighted by atomic mass is 10.0. The van der Waals surface area contributed by atoms with Crippen LogP contribution in [0.1, 0.15) is 258 Å². The summed E-state index contributed by atoms with van der Waals surface area (Å²) < 4.78 is 22.9. The molecule has 0 aromatic heterocycles. The van der Waals surface area contributed by atoms with Crippen molar-refractivity contribution in [2.45, 2.75) is 270 Å². The number of carbonyl (C=O) groups excluding carboxylic acids is 2. The molecule has 9 nitrogen and oxygen atoms in total. The Morgan fingerprint density at radius 2 is 0.704 bits per heavy atom. The highest BCUT2D eigenvalue weighted by atomic mass is 16.7. The van der Waals surface area contributed by atoms with E-state index < -0.39 is 24.3 Å². The standard InChI is InChI=1S/C72H121NO8/c1-6-8-10-12-14-16-18-20-22-24-26-28-30-31-32-33-34-35-36-37-38-39-41-43-45-47-49-51-53-55-57-59-61-63-70(75)81-68(67-80-72(71(76)77)78-65-64-73(3,4)5)66-79-69(74)62-60-58-56-54-52-50-48-46-44-42-40-29-27-25-23-21-19-17-15-13-11-9-7-2/h8,10,14,16,20,22,26,28,31-32,34-35,37-38,41,43,47,49,53,55,68,72H,6-7,9,11-13,15,17-19,21,23-25,27,29-30,33,36,39-40,42,44-46,48,50-52,54,56-67H2,1-5H3/p+1/b10-8-,16-14-,22-20-,28-26-,32-31-,35-34-,38-37-,43-41-,49-47-,55-53-. The van der Waals surface area contributed by atoms with E-state index in [4.69, 9.17) is 18.9 Å². The highest BCUT2D eigenvalue weighted by Crippen LogP contribution is 2.17. The van der Waals surface area contributed by atoms with Crippen LogP contribution in [0.15, 0.2) is 122 Å². The molecule has 0 aliphatic rings. The van der Waals surface area contributed by atoms with E-state index in [2.05, 4.69) is 135 Å². The zero-order valence-electron chi connectivity index (χ0n) is 52.7. The average molecular weight is 1130 g/mol. The Kier molecular flexibility index (Phi) is 58.5. The molecule has 0 rings (SSSR count). The van der Waals surface area contributed by atoms with Gasteiger partial charge in [0.25, 0.3) is 6.29 Å². The molecule has 2 unspecified atom stereocenters. The molecule has 0 saturated carbocycles. The van der Waals surface area contributed by atoms with E-state index >= 15 is 0 Å². The molecule has 0 bridgehead atoms. The average Bonchev–Trinajstić information content (AvgIpc) is 3.44. The van der Waals surface area contributed by atoms with Gasteiger partial charge in [0.1, 0.15) is 13.2 Å². The van der Waals surface area contributed by atoms with Gasteiger partial charge < -0.3 is 28.5 Å². The summed E-state index contributed by atoms with van der Waals surface area (Å²) in [5.41, 5.74) is 0. The lowest BCUT2D eigenvalue weighted by molar-refractivity contribution is -0.870. The molecular weight excluding hydrogens is 1010 g/mol. The van der Waals surface area contributed by atoms with Gasteiger partial charge in [-0.05, 0) is 89.9 Å². The van der Waals surface area contributed by atoms with Crippen LogP contribution in [0.5, 0.6) is 0 Å². The van der Waals surface area contributed by atoms with E-state index in [1.807, 2.05) is 21.1 Å². The third-order valence-corrected chi connectivity index (χ3v) is 13.7. The van der Waals surface area contributed by atoms with Gasteiger partial charge in [0.05, 0.1) is 34.4 Å². The molecule has 0 radical (unpaired) electrons. The predicted octanol–water partition coefficient (Wildman–Crippen LogP) is 20.0. The molecule has 0 heterocycles. The summed E-state index contributed by atoms with van der Waals surface area (Å²) in [6.45, 7) is 4.73. The van der Waals surface area contributed by atoms with Gasteiger partial charge >= 0.3 is 17.9 Å². The summed E-state index contributed by atoms with van der Waals surface area (Å²) in [7, 11) is 5.95. The summed E-state index contributed by atoms with van der Waals surface area (Å²) in [5, 5.41) is 9.73. The number of carboxylic acid groups (broad SMARTS) is 1. The first-order chi connectivity index (χ1) is 39.6. The minimum Gasteiger partial charge on any atom is -0.477 e. The molecule has 0 fully saturated rings. The number of hydrogen-bond donors (Lipinski definition) is 1. The Labute approximate surface area is 497 Å². The van der Waals surface area contributed by atoms with Crippen LogP contribution in [0.2, 0.25) is 0 Å². The Bertz CT molecular complexity index is 1740. The van der Waals surface area contributed by atoms with Gasteiger partial charge in [-0.2, -0.15) is 0 Å². The number of quaternary nitrogens is 1. The van der Waals surface area contributed by atoms with Crippen molar-refractivity contribution < 1.29 is 42.9 Å². The molecule has 9 heteroatoms. The first-order valence-corrected chi connectivity index (χ1v) is 32.7. The number of esters is 2. The van der Waals surface area contributed by atoms with Crippen LogP contribution in [-0.2, 0) is 33.3 Å². The molecule has 0 aromatic rings. The number of carboxylic acids is 1. The van der Waals surface area contributed by atoms with Crippen molar-refractivity contribution in [2.24, 2.45) is 0 Å². The molecule has 1 N–H and O–H groups in total. The van der Waals surface area contributed by atoms with Gasteiger partial charge in [0, 0.05) is 12.8 Å². The first kappa shape index (κ1) is 76.7. The molecule has 2 atom stereocenters. The second-order valence-corrected chi connectivity index (χ2v) is 22.7. The molecule has 0 aromatic carbocycles. The van der Waals surface area contributed by atoms with Gasteiger partial charge in [-0.25, -0.2) is 4.79 Å². The van der Waals surface area contributed by atoms with E-state index in [9.17, 15) is 19.5 Å². The molecule has 81 heavy (non-hydrogen) atoms. The molecule has 0 aliphatic carbocycles. The molecule has 462 valence electrons. The maximum absolute atomic E-state index is 12.9. The zero-order chi connectivity index (χ0) is 59.1. The first-order valence-electron chi connectivity index (χ1n) is 32.7. The Morgan fingerprint density at radius 3 is 1.05 bits per heavy atom. The van der Waals surface area contributed by atoms with Gasteiger partial charge in [0.2, 0.25) is 0 Å². The van der Waals surface area contributed by atoms with Crippen LogP contribution in [0.25, 0.3) is 0 Å². The largest absolute Gasteiger partial charge is 0.477 e. The number of likely N-dealkylation sites (N-methyl/N-ethyl adjacent to an activating group) is 1. The number of aliphatic carboxylic acids is 1. The quantitative estimate of drug-likeness (QED) is 0.0211. The number of rotatable bonds is 59. The van der Waals surface area contributed by atoms with Gasteiger partial charge in [-0.3, -0.25) is 9.59 Å². The lowest BCUT2D eigenvalue weighted by Gasteiger charge is -2.25. The molecular formula is C72H122NO8+. The maximum Gasteiger partial charge on any atom is 0.361 e. The summed E-state index contributed by atoms with van der Waals surface area (Å²) in [5.74, 6) is -2.07. The Morgan fingerprint density at radius 1 is 0.383 bits per heavy atom. The fourth-order valence-corrected chi connectivity index (χ4v) is 8.75. The van der Waals surface area contributed by atoms with Crippen molar-refractivity contribution in [1.29, 1.82) is 0 Å². The van der Waals surface area contributed by atoms with Crippen LogP contribution in [0.4, 0.5) is 0 Å². The van der Waals surface area contributed by atoms with Gasteiger partial charge in [-0.15, -0.1) is 0 Å². The number of ether oxygens (including phenoxy) is 4. The van der Waals surface area contributed by atoms with E-state index in [0.29, 0.717) is 17.4 Å². The number of hydrogen-bond acceptors (Lipinski definition) is 7. The number of allylic oxidation sites excluding steroid dienone is 20. The molecule has 0 saturated heterocycles. The minimum absolute atomic E-state index is 0.174. The van der Waals surface area contributed by atoms with E-state index in [0.717, 1.165) is 96.3 Å². The monoisotopic (exact) mass is 1130 g/mol. The fourth-order valence-electron chi connectivity index (χ4n) is 8.75. The Hall–Kier alpha value is -4.31. The van der Waals surface area contributed by atoms with E-state index in [1.165, 1.54) is 128 Å². The van der Waals surface area contributed by atoms with Crippen LogP contribution >= 0.6 is 0 Å². The van der Waals surface area contributed by atoms with Crippen molar-refractivity contribution in [3.63, 3.8) is 0 Å². The second-order valence-electron chi connectivity index (χ2n) is 22.7. The Balaban J connectivity index is 4.30. The van der Waals surface area contributed by atoms with Crippen LogP contribution in [0, 0.1) is 0 Å². The maximum atomic E-state index is 12.9. The van der Waals surface area contributed by atoms with Crippen molar-refractivity contribution in [2.75, 3.05) is 47.5 Å². The third kappa shape index (κ3) is 63.1. The van der Waals surface area contributed by atoms with Crippen LogP contribution < -0.4 is 0 Å². The molecule has 0 aliphatic heterocycles. The number of carbonyl (C=O) groups is 3. The highest BCUT2D eigenvalue weighted by Gasteiger charge is 2.25. The predicted molar refractivity (Wildman–Crippen MR) is 345 cm³/mol. The van der Waals surface area contributed by atoms with Gasteiger partial charge in [0.15, 0.2) is 6.10 Å². The summed E-state index contributed by atoms with van der Waals surface area (Å²) in [6.07, 6.45) is 84.4. The molecule has 0 spiro atoms. The zero-order valence-corrected chi connectivity index (χ0v) is 52.7. The smallest absolute Gasteiger partial charge is 0.361 e. The summed E-state index contributed by atoms with van der Waals surface area (Å²) in [6, 6.07) is 0. The van der Waals surface area contributed by atoms with E-state index in [-0.39, 0.29) is 38.6 Å². The topological polar surface area (TPSA) is 108 Å². The third-order valence-electron chi connectivity index (χ3n) is 13.7. The minimum atomic E-state index is -1.53.